The van der Waals surface area contributed by atoms with E-state index >= 15 is 0 Å². The predicted molar refractivity (Wildman–Crippen MR) is 115 cm³/mol. The summed E-state index contributed by atoms with van der Waals surface area (Å²) in [5.41, 5.74) is 2.51. The maximum absolute atomic E-state index is 11.8. The zero-order valence-corrected chi connectivity index (χ0v) is 16.7. The number of nitrogens with one attached hydrogen (secondary N) is 2. The third-order valence-corrected chi connectivity index (χ3v) is 4.49. The van der Waals surface area contributed by atoms with Gasteiger partial charge in [0.2, 0.25) is 5.75 Å². The van der Waals surface area contributed by atoms with E-state index in [2.05, 4.69) is 43.7 Å². The lowest BCUT2D eigenvalue weighted by Crippen LogP contribution is -2.25. The molecule has 152 valence electrons. The van der Waals surface area contributed by atoms with Gasteiger partial charge in [0, 0.05) is 37.0 Å². The first-order chi connectivity index (χ1) is 14.6. The maximum Gasteiger partial charge on any atom is 0.293 e. The molecule has 0 bridgehead atoms. The molecular weight excluding hydrogens is 378 g/mol. The summed E-state index contributed by atoms with van der Waals surface area (Å²) in [6.07, 6.45) is 7.07. The van der Waals surface area contributed by atoms with Crippen LogP contribution in [0.1, 0.15) is 34.1 Å². The van der Waals surface area contributed by atoms with E-state index in [-0.39, 0.29) is 11.7 Å². The number of nitrogens with zero attached hydrogens (tertiary/aromatic N) is 3. The molecule has 7 heteroatoms. The highest BCUT2D eigenvalue weighted by Gasteiger charge is 2.19. The van der Waals surface area contributed by atoms with Crippen LogP contribution in [0.25, 0.3) is 0 Å². The van der Waals surface area contributed by atoms with Crippen molar-refractivity contribution in [1.29, 1.82) is 0 Å². The van der Waals surface area contributed by atoms with Gasteiger partial charge in [-0.15, -0.1) is 6.58 Å². The zero-order chi connectivity index (χ0) is 21.3. The van der Waals surface area contributed by atoms with Crippen molar-refractivity contribution < 1.29 is 5.11 Å². The van der Waals surface area contributed by atoms with Gasteiger partial charge in [-0.25, -0.2) is 15.0 Å². The Morgan fingerprint density at radius 3 is 2.57 bits per heavy atom. The average Bonchev–Trinajstić information content (AvgIpc) is 2.76. The Labute approximate surface area is 175 Å². The van der Waals surface area contributed by atoms with E-state index < -0.39 is 5.56 Å². The molecule has 1 atom stereocenters. The fourth-order valence-corrected chi connectivity index (χ4v) is 2.94. The Hall–Kier alpha value is -3.76. The van der Waals surface area contributed by atoms with Crippen LogP contribution in [0.5, 0.6) is 5.75 Å². The molecule has 3 N–H and O–H groups in total. The SMILES string of the molecule is C=CCNCC(Cc1ccc(C#Cc2cnc(C)nc2)cc1)c1nc[nH]c(=O)c1O. The molecule has 0 radical (unpaired) electrons. The second kappa shape index (κ2) is 10.1. The summed E-state index contributed by atoms with van der Waals surface area (Å²) < 4.78 is 0. The number of H-pyrrole nitrogens is 1. The lowest BCUT2D eigenvalue weighted by atomic mass is 9.94. The van der Waals surface area contributed by atoms with E-state index in [1.807, 2.05) is 31.2 Å². The Morgan fingerprint density at radius 2 is 1.87 bits per heavy atom. The van der Waals surface area contributed by atoms with Gasteiger partial charge in [-0.05, 0) is 31.0 Å². The molecule has 0 amide bonds. The van der Waals surface area contributed by atoms with Crippen LogP contribution >= 0.6 is 0 Å². The standard InChI is InChI=1S/C23H23N5O2/c1-3-10-24-14-20(21-22(29)23(30)28-15-27-21)11-18-7-4-17(5-8-18)6-9-19-12-25-16(2)26-13-19/h3-5,7-8,12-13,15,20,24,29H,1,10-11,14H2,2H3,(H,27,28,30). The van der Waals surface area contributed by atoms with Crippen LogP contribution in [0.3, 0.4) is 0 Å². The van der Waals surface area contributed by atoms with Crippen molar-refractivity contribution in [2.75, 3.05) is 13.1 Å². The van der Waals surface area contributed by atoms with E-state index in [9.17, 15) is 9.90 Å². The van der Waals surface area contributed by atoms with Crippen LogP contribution in [0, 0.1) is 18.8 Å². The molecule has 0 spiro atoms. The molecule has 30 heavy (non-hydrogen) atoms. The largest absolute Gasteiger partial charge is 0.502 e. The minimum absolute atomic E-state index is 0.172. The van der Waals surface area contributed by atoms with Gasteiger partial charge in [-0.1, -0.05) is 30.0 Å². The van der Waals surface area contributed by atoms with Crippen molar-refractivity contribution in [3.05, 3.63) is 94.2 Å². The molecule has 0 saturated carbocycles. The molecule has 7 nitrogen and oxygen atoms in total. The van der Waals surface area contributed by atoms with Gasteiger partial charge in [0.05, 0.1) is 17.6 Å². The van der Waals surface area contributed by atoms with Crippen LogP contribution in [0.15, 0.2) is 60.4 Å². The number of hydrogen-bond donors (Lipinski definition) is 3. The van der Waals surface area contributed by atoms with Crippen LogP contribution in [-0.4, -0.2) is 38.1 Å². The molecule has 3 aromatic rings. The van der Waals surface area contributed by atoms with Crippen LogP contribution < -0.4 is 10.9 Å². The third kappa shape index (κ3) is 5.63. The summed E-state index contributed by atoms with van der Waals surface area (Å²) in [4.78, 5) is 26.6. The zero-order valence-electron chi connectivity index (χ0n) is 16.7. The van der Waals surface area contributed by atoms with E-state index in [4.69, 9.17) is 0 Å². The van der Waals surface area contributed by atoms with Gasteiger partial charge in [-0.3, -0.25) is 4.79 Å². The number of aryl methyl sites for hydroxylation is 1. The first kappa shape index (κ1) is 21.0. The lowest BCUT2D eigenvalue weighted by molar-refractivity contribution is 0.441. The number of aromatic hydroxyl groups is 1. The monoisotopic (exact) mass is 401 g/mol. The number of benzene rings is 1. The van der Waals surface area contributed by atoms with Crippen molar-refractivity contribution in [3.63, 3.8) is 0 Å². The molecule has 3 rings (SSSR count). The van der Waals surface area contributed by atoms with Crippen LogP contribution in [0.4, 0.5) is 0 Å². The second-order valence-corrected chi connectivity index (χ2v) is 6.78. The molecule has 0 aliphatic rings. The van der Waals surface area contributed by atoms with Crippen LogP contribution in [-0.2, 0) is 6.42 Å². The Kier molecular flexibility index (Phi) is 7.09. The van der Waals surface area contributed by atoms with E-state index in [1.54, 1.807) is 18.5 Å². The predicted octanol–water partition coefficient (Wildman–Crippen LogP) is 2.08. The number of aromatic amines is 1. The van der Waals surface area contributed by atoms with Crippen molar-refractivity contribution in [3.8, 4) is 17.6 Å². The van der Waals surface area contributed by atoms with Gasteiger partial charge in [0.25, 0.3) is 5.56 Å². The number of hydrogen-bond acceptors (Lipinski definition) is 6. The first-order valence-electron chi connectivity index (χ1n) is 9.54. The van der Waals surface area contributed by atoms with Gasteiger partial charge >= 0.3 is 0 Å². The topological polar surface area (TPSA) is 104 Å². The van der Waals surface area contributed by atoms with Gasteiger partial charge < -0.3 is 15.4 Å². The van der Waals surface area contributed by atoms with E-state index in [0.717, 1.165) is 16.7 Å². The average molecular weight is 401 g/mol. The number of aromatic nitrogens is 4. The summed E-state index contributed by atoms with van der Waals surface area (Å²) in [5, 5.41) is 13.4. The Bertz CT molecular complexity index is 1110. The quantitative estimate of drug-likeness (QED) is 0.318. The fourth-order valence-electron chi connectivity index (χ4n) is 2.94. The Balaban J connectivity index is 1.76. The third-order valence-electron chi connectivity index (χ3n) is 4.49. The highest BCUT2D eigenvalue weighted by atomic mass is 16.3. The molecular formula is C23H23N5O2. The first-order valence-corrected chi connectivity index (χ1v) is 9.54. The molecule has 0 aliphatic heterocycles. The van der Waals surface area contributed by atoms with E-state index in [1.165, 1.54) is 6.33 Å². The van der Waals surface area contributed by atoms with Crippen molar-refractivity contribution >= 4 is 0 Å². The lowest BCUT2D eigenvalue weighted by Gasteiger charge is -2.17. The second-order valence-electron chi connectivity index (χ2n) is 6.78. The molecule has 0 saturated heterocycles. The molecule has 1 unspecified atom stereocenters. The molecule has 0 fully saturated rings. The summed E-state index contributed by atoms with van der Waals surface area (Å²) >= 11 is 0. The van der Waals surface area contributed by atoms with Gasteiger partial charge in [0.15, 0.2) is 0 Å². The van der Waals surface area contributed by atoms with Gasteiger partial charge in [-0.2, -0.15) is 0 Å². The minimum atomic E-state index is -0.542. The van der Waals surface area contributed by atoms with Crippen molar-refractivity contribution in [2.45, 2.75) is 19.3 Å². The summed E-state index contributed by atoms with van der Waals surface area (Å²) in [7, 11) is 0. The van der Waals surface area contributed by atoms with E-state index in [0.29, 0.717) is 31.0 Å². The summed E-state index contributed by atoms with van der Waals surface area (Å²) in [6, 6.07) is 7.86. The maximum atomic E-state index is 11.8. The smallest absolute Gasteiger partial charge is 0.293 e. The Morgan fingerprint density at radius 1 is 1.17 bits per heavy atom. The minimum Gasteiger partial charge on any atom is -0.502 e. The number of rotatable bonds is 7. The molecule has 2 heterocycles. The normalized spacial score (nSPS) is 11.4. The molecule has 2 aromatic heterocycles. The summed E-state index contributed by atoms with van der Waals surface area (Å²) in [6.45, 7) is 6.70. The fraction of sp³-hybridized carbons (Fsp3) is 0.217. The highest BCUT2D eigenvalue weighted by molar-refractivity contribution is 5.42. The van der Waals surface area contributed by atoms with Crippen molar-refractivity contribution in [2.24, 2.45) is 0 Å². The molecule has 1 aromatic carbocycles. The van der Waals surface area contributed by atoms with Gasteiger partial charge in [0.1, 0.15) is 5.82 Å². The molecule has 0 aliphatic carbocycles. The highest BCUT2D eigenvalue weighted by Crippen LogP contribution is 2.23. The van der Waals surface area contributed by atoms with Crippen LogP contribution in [0.2, 0.25) is 0 Å². The summed E-state index contributed by atoms with van der Waals surface area (Å²) in [5.74, 6) is 6.34. The van der Waals surface area contributed by atoms with Crippen molar-refractivity contribution in [1.82, 2.24) is 25.3 Å².